The molecule has 8 heteroatoms. The molecule has 1 aliphatic carbocycles. The molecule has 1 fully saturated rings. The molecule has 0 aromatic carbocycles. The van der Waals surface area contributed by atoms with Crippen LogP contribution in [0.25, 0.3) is 11.4 Å². The summed E-state index contributed by atoms with van der Waals surface area (Å²) < 4.78 is 7.70. The second-order valence-electron chi connectivity index (χ2n) is 7.90. The second kappa shape index (κ2) is 7.87. The molecule has 1 saturated carbocycles. The van der Waals surface area contributed by atoms with Crippen LogP contribution in [0.4, 0.5) is 0 Å². The van der Waals surface area contributed by atoms with Gasteiger partial charge >= 0.3 is 5.97 Å². The van der Waals surface area contributed by atoms with Crippen LogP contribution in [0.3, 0.4) is 0 Å². The van der Waals surface area contributed by atoms with Crippen LogP contribution < -0.4 is 4.74 Å². The third-order valence-electron chi connectivity index (χ3n) is 5.94. The molecule has 2 aromatic heterocycles. The van der Waals surface area contributed by atoms with Gasteiger partial charge in [-0.1, -0.05) is 19.1 Å². The average molecular weight is 388 g/mol. The van der Waals surface area contributed by atoms with Crippen molar-refractivity contribution in [2.75, 3.05) is 0 Å². The van der Waals surface area contributed by atoms with Gasteiger partial charge in [-0.05, 0) is 44.2 Å². The van der Waals surface area contributed by atoms with E-state index in [0.29, 0.717) is 41.4 Å². The van der Waals surface area contributed by atoms with Crippen LogP contribution in [-0.2, 0) is 18.4 Å². The molecule has 0 bridgehead atoms. The van der Waals surface area contributed by atoms with Crippen LogP contribution in [0.15, 0.2) is 12.1 Å². The van der Waals surface area contributed by atoms with E-state index in [4.69, 9.17) is 4.74 Å². The van der Waals surface area contributed by atoms with Crippen molar-refractivity contribution in [1.29, 1.82) is 0 Å². The number of hydrogen-bond acceptors (Lipinski definition) is 6. The van der Waals surface area contributed by atoms with E-state index in [1.54, 1.807) is 13.1 Å². The molecule has 2 atom stereocenters. The van der Waals surface area contributed by atoms with Gasteiger partial charge in [0.1, 0.15) is 11.4 Å². The molecule has 1 aliphatic rings. The van der Waals surface area contributed by atoms with E-state index in [-0.39, 0.29) is 18.6 Å². The standard InChI is InChI=1S/C20H28N4O4/c1-12(2)20(19(26)27)9-5-6-14(10-20)28-17-8-7-15(21-13(17)3)18-16(11-25)24(4)23-22-18/h7-8,12,14,25H,5-6,9-11H2,1-4H3,(H,26,27)/t14-,20-/m0/s1. The number of aromatic nitrogens is 4. The van der Waals surface area contributed by atoms with Crippen molar-refractivity contribution in [1.82, 2.24) is 20.0 Å². The Labute approximate surface area is 164 Å². The van der Waals surface area contributed by atoms with Gasteiger partial charge in [0.2, 0.25) is 0 Å². The lowest BCUT2D eigenvalue weighted by Gasteiger charge is -2.40. The summed E-state index contributed by atoms with van der Waals surface area (Å²) in [5, 5.41) is 27.4. The van der Waals surface area contributed by atoms with Crippen molar-refractivity contribution in [3.63, 3.8) is 0 Å². The van der Waals surface area contributed by atoms with Gasteiger partial charge in [-0.3, -0.25) is 4.79 Å². The molecule has 2 aromatic rings. The van der Waals surface area contributed by atoms with Gasteiger partial charge in [0.25, 0.3) is 0 Å². The summed E-state index contributed by atoms with van der Waals surface area (Å²) in [6.07, 6.45) is 2.70. The van der Waals surface area contributed by atoms with Crippen LogP contribution in [-0.4, -0.2) is 42.3 Å². The third kappa shape index (κ3) is 3.61. The first-order valence-corrected chi connectivity index (χ1v) is 9.66. The minimum Gasteiger partial charge on any atom is -0.488 e. The number of aliphatic hydroxyl groups excluding tert-OH is 1. The molecule has 0 aliphatic heterocycles. The first kappa shape index (κ1) is 20.3. The molecule has 2 heterocycles. The molecule has 0 radical (unpaired) electrons. The summed E-state index contributed by atoms with van der Waals surface area (Å²) in [6, 6.07) is 3.63. The maximum absolute atomic E-state index is 11.9. The number of nitrogens with zero attached hydrogens (tertiary/aromatic N) is 4. The Balaban J connectivity index is 1.81. The fourth-order valence-corrected chi connectivity index (χ4v) is 4.06. The van der Waals surface area contributed by atoms with Crippen molar-refractivity contribution >= 4 is 5.97 Å². The Kier molecular flexibility index (Phi) is 5.69. The quantitative estimate of drug-likeness (QED) is 0.783. The fourth-order valence-electron chi connectivity index (χ4n) is 4.06. The number of carbonyl (C=O) groups is 1. The Morgan fingerprint density at radius 3 is 2.79 bits per heavy atom. The Hall–Kier alpha value is -2.48. The molecule has 2 N–H and O–H groups in total. The topological polar surface area (TPSA) is 110 Å². The summed E-state index contributed by atoms with van der Waals surface area (Å²) in [6.45, 7) is 5.62. The van der Waals surface area contributed by atoms with Crippen molar-refractivity contribution < 1.29 is 19.7 Å². The van der Waals surface area contributed by atoms with Crippen LogP contribution in [0.5, 0.6) is 5.75 Å². The highest BCUT2D eigenvalue weighted by atomic mass is 16.5. The molecular weight excluding hydrogens is 360 g/mol. The van der Waals surface area contributed by atoms with Gasteiger partial charge < -0.3 is 14.9 Å². The first-order valence-electron chi connectivity index (χ1n) is 9.66. The number of carboxylic acids is 1. The summed E-state index contributed by atoms with van der Waals surface area (Å²) in [5.74, 6) is -0.0418. The van der Waals surface area contributed by atoms with Gasteiger partial charge in [-0.2, -0.15) is 0 Å². The minimum absolute atomic E-state index is 0.0477. The molecule has 0 saturated heterocycles. The lowest BCUT2D eigenvalue weighted by molar-refractivity contribution is -0.157. The third-order valence-corrected chi connectivity index (χ3v) is 5.94. The van der Waals surface area contributed by atoms with Gasteiger partial charge in [-0.15, -0.1) is 5.10 Å². The summed E-state index contributed by atoms with van der Waals surface area (Å²) in [5.41, 5.74) is 1.72. The number of aliphatic carboxylic acids is 1. The number of pyridine rings is 1. The van der Waals surface area contributed by atoms with E-state index >= 15 is 0 Å². The van der Waals surface area contributed by atoms with E-state index in [1.165, 1.54) is 4.68 Å². The van der Waals surface area contributed by atoms with Crippen molar-refractivity contribution in [3.05, 3.63) is 23.5 Å². The highest BCUT2D eigenvalue weighted by Crippen LogP contribution is 2.44. The number of aryl methyl sites for hydroxylation is 2. The van der Waals surface area contributed by atoms with E-state index in [2.05, 4.69) is 15.3 Å². The maximum atomic E-state index is 11.9. The first-order chi connectivity index (χ1) is 13.3. The summed E-state index contributed by atoms with van der Waals surface area (Å²) in [7, 11) is 1.72. The number of aliphatic hydroxyl groups is 1. The Morgan fingerprint density at radius 1 is 1.43 bits per heavy atom. The van der Waals surface area contributed by atoms with Crippen LogP contribution in [0.2, 0.25) is 0 Å². The lowest BCUT2D eigenvalue weighted by atomic mass is 9.66. The number of ether oxygens (including phenoxy) is 1. The smallest absolute Gasteiger partial charge is 0.310 e. The average Bonchev–Trinajstić information content (AvgIpc) is 3.03. The largest absolute Gasteiger partial charge is 0.488 e. The van der Waals surface area contributed by atoms with E-state index < -0.39 is 11.4 Å². The van der Waals surface area contributed by atoms with E-state index in [1.807, 2.05) is 26.8 Å². The molecule has 152 valence electrons. The molecule has 3 rings (SSSR count). The Morgan fingerprint density at radius 2 is 2.18 bits per heavy atom. The zero-order chi connectivity index (χ0) is 20.5. The van der Waals surface area contributed by atoms with Crippen LogP contribution in [0, 0.1) is 18.3 Å². The molecule has 0 unspecified atom stereocenters. The van der Waals surface area contributed by atoms with Crippen LogP contribution >= 0.6 is 0 Å². The normalized spacial score (nSPS) is 22.4. The predicted octanol–water partition coefficient (Wildman–Crippen LogP) is 2.73. The summed E-state index contributed by atoms with van der Waals surface area (Å²) >= 11 is 0. The maximum Gasteiger partial charge on any atom is 0.310 e. The lowest BCUT2D eigenvalue weighted by Crippen LogP contribution is -2.44. The molecule has 8 nitrogen and oxygen atoms in total. The van der Waals surface area contributed by atoms with Crippen molar-refractivity contribution in [3.8, 4) is 17.1 Å². The monoisotopic (exact) mass is 388 g/mol. The van der Waals surface area contributed by atoms with Gasteiger partial charge in [0.15, 0.2) is 0 Å². The van der Waals surface area contributed by atoms with Crippen molar-refractivity contribution in [2.45, 2.75) is 59.2 Å². The molecule has 28 heavy (non-hydrogen) atoms. The van der Waals surface area contributed by atoms with Crippen molar-refractivity contribution in [2.24, 2.45) is 18.4 Å². The zero-order valence-electron chi connectivity index (χ0n) is 16.8. The Bertz CT molecular complexity index is 864. The van der Waals surface area contributed by atoms with Gasteiger partial charge in [0, 0.05) is 13.5 Å². The molecular formula is C20H28N4O4. The SMILES string of the molecule is Cc1nc(-c2nnn(C)c2CO)ccc1O[C@H]1CCC[C@@](C(=O)O)(C(C)C)C1. The zero-order valence-corrected chi connectivity index (χ0v) is 16.8. The second-order valence-corrected chi connectivity index (χ2v) is 7.90. The van der Waals surface area contributed by atoms with E-state index in [9.17, 15) is 15.0 Å². The number of rotatable bonds is 6. The fraction of sp³-hybridized carbons (Fsp3) is 0.600. The van der Waals surface area contributed by atoms with Crippen LogP contribution in [0.1, 0.15) is 50.9 Å². The predicted molar refractivity (Wildman–Crippen MR) is 103 cm³/mol. The highest BCUT2D eigenvalue weighted by molar-refractivity contribution is 5.75. The highest BCUT2D eigenvalue weighted by Gasteiger charge is 2.46. The number of carboxylic acid groups (broad SMARTS) is 1. The van der Waals surface area contributed by atoms with E-state index in [0.717, 1.165) is 12.8 Å². The summed E-state index contributed by atoms with van der Waals surface area (Å²) in [4.78, 5) is 16.5. The number of hydrogen-bond donors (Lipinski definition) is 2. The minimum atomic E-state index is -0.736. The van der Waals surface area contributed by atoms with Gasteiger partial charge in [-0.25, -0.2) is 9.67 Å². The van der Waals surface area contributed by atoms with Gasteiger partial charge in [0.05, 0.1) is 35.2 Å². The molecule has 0 amide bonds. The molecule has 0 spiro atoms.